The van der Waals surface area contributed by atoms with Crippen molar-refractivity contribution in [1.82, 2.24) is 0 Å². The number of benzene rings is 1. The Balaban J connectivity index is 2.34. The zero-order valence-electron chi connectivity index (χ0n) is 8.24. The van der Waals surface area contributed by atoms with Gasteiger partial charge in [-0.15, -0.1) is 0 Å². The standard InChI is InChI=1S/C11H13FO3/c12-9-5-8(6-10(13)7-9)11(14)1-3-15-4-2-11/h5-7,13-14H,1-4H2. The summed E-state index contributed by atoms with van der Waals surface area (Å²) < 4.78 is 18.2. The monoisotopic (exact) mass is 212 g/mol. The van der Waals surface area contributed by atoms with Crippen molar-refractivity contribution < 1.29 is 19.3 Å². The van der Waals surface area contributed by atoms with Crippen molar-refractivity contribution in [2.75, 3.05) is 13.2 Å². The molecular formula is C11H13FO3. The summed E-state index contributed by atoms with van der Waals surface area (Å²) in [7, 11) is 0. The van der Waals surface area contributed by atoms with Crippen molar-refractivity contribution in [2.24, 2.45) is 0 Å². The van der Waals surface area contributed by atoms with Gasteiger partial charge in [0.25, 0.3) is 0 Å². The van der Waals surface area contributed by atoms with Gasteiger partial charge in [-0.25, -0.2) is 4.39 Å². The minimum atomic E-state index is -1.07. The van der Waals surface area contributed by atoms with Crippen LogP contribution >= 0.6 is 0 Å². The number of halogens is 1. The highest BCUT2D eigenvalue weighted by atomic mass is 19.1. The quantitative estimate of drug-likeness (QED) is 0.742. The Morgan fingerprint density at radius 2 is 1.87 bits per heavy atom. The maximum absolute atomic E-state index is 13.1. The molecule has 0 aromatic heterocycles. The van der Waals surface area contributed by atoms with Crippen molar-refractivity contribution in [1.29, 1.82) is 0 Å². The molecule has 0 radical (unpaired) electrons. The van der Waals surface area contributed by atoms with Crippen molar-refractivity contribution >= 4 is 0 Å². The van der Waals surface area contributed by atoms with Gasteiger partial charge in [-0.1, -0.05) is 0 Å². The van der Waals surface area contributed by atoms with Gasteiger partial charge >= 0.3 is 0 Å². The Hall–Kier alpha value is -1.13. The summed E-state index contributed by atoms with van der Waals surface area (Å²) in [5.41, 5.74) is -0.652. The topological polar surface area (TPSA) is 49.7 Å². The van der Waals surface area contributed by atoms with Gasteiger partial charge in [0.1, 0.15) is 11.6 Å². The molecule has 1 heterocycles. The molecule has 82 valence electrons. The first kappa shape index (κ1) is 10.4. The molecule has 0 saturated carbocycles. The number of hydrogen-bond acceptors (Lipinski definition) is 3. The molecule has 4 heteroatoms. The van der Waals surface area contributed by atoms with Crippen LogP contribution in [0.5, 0.6) is 5.75 Å². The van der Waals surface area contributed by atoms with E-state index in [1.165, 1.54) is 12.1 Å². The summed E-state index contributed by atoms with van der Waals surface area (Å²) in [6.45, 7) is 0.904. The fourth-order valence-electron chi connectivity index (χ4n) is 1.84. The average molecular weight is 212 g/mol. The van der Waals surface area contributed by atoms with Crippen LogP contribution in [0.4, 0.5) is 4.39 Å². The molecular weight excluding hydrogens is 199 g/mol. The predicted molar refractivity (Wildman–Crippen MR) is 52.0 cm³/mol. The first-order valence-corrected chi connectivity index (χ1v) is 4.90. The Bertz CT molecular complexity index is 339. The lowest BCUT2D eigenvalue weighted by atomic mass is 9.86. The summed E-state index contributed by atoms with van der Waals surface area (Å²) in [4.78, 5) is 0. The molecule has 0 bridgehead atoms. The summed E-state index contributed by atoms with van der Waals surface area (Å²) in [6, 6.07) is 3.67. The number of hydrogen-bond donors (Lipinski definition) is 2. The van der Waals surface area contributed by atoms with Crippen LogP contribution in [0.3, 0.4) is 0 Å². The zero-order chi connectivity index (χ0) is 10.9. The van der Waals surface area contributed by atoms with Crippen molar-refractivity contribution in [2.45, 2.75) is 18.4 Å². The molecule has 1 fully saturated rings. The van der Waals surface area contributed by atoms with E-state index in [0.29, 0.717) is 31.6 Å². The molecule has 1 aromatic carbocycles. The molecule has 1 aliphatic rings. The molecule has 0 spiro atoms. The predicted octanol–water partition coefficient (Wildman–Crippen LogP) is 1.53. The lowest BCUT2D eigenvalue weighted by Gasteiger charge is -2.32. The Labute approximate surface area is 87.1 Å². The lowest BCUT2D eigenvalue weighted by Crippen LogP contribution is -2.33. The molecule has 0 amide bonds. The minimum absolute atomic E-state index is 0.162. The van der Waals surface area contributed by atoms with E-state index in [1.54, 1.807) is 0 Å². The third-order valence-electron chi connectivity index (χ3n) is 2.74. The maximum Gasteiger partial charge on any atom is 0.127 e. The molecule has 15 heavy (non-hydrogen) atoms. The molecule has 0 atom stereocenters. The smallest absolute Gasteiger partial charge is 0.127 e. The Morgan fingerprint density at radius 3 is 2.47 bits per heavy atom. The molecule has 0 aliphatic carbocycles. The van der Waals surface area contributed by atoms with E-state index in [-0.39, 0.29) is 5.75 Å². The average Bonchev–Trinajstić information content (AvgIpc) is 2.17. The third kappa shape index (κ3) is 2.11. The summed E-state index contributed by atoms with van der Waals surface area (Å²) in [5, 5.41) is 19.5. The second-order valence-electron chi connectivity index (χ2n) is 3.84. The molecule has 2 N–H and O–H groups in total. The van der Waals surface area contributed by atoms with Crippen LogP contribution in [0.2, 0.25) is 0 Å². The van der Waals surface area contributed by atoms with Crippen molar-refractivity contribution in [3.8, 4) is 5.75 Å². The largest absolute Gasteiger partial charge is 0.508 e. The number of ether oxygens (including phenoxy) is 1. The van der Waals surface area contributed by atoms with Crippen LogP contribution in [0.1, 0.15) is 18.4 Å². The molecule has 1 aliphatic heterocycles. The summed E-state index contributed by atoms with van der Waals surface area (Å²) in [6.07, 6.45) is 0.853. The lowest BCUT2D eigenvalue weighted by molar-refractivity contribution is -0.0681. The van der Waals surface area contributed by atoms with E-state index < -0.39 is 11.4 Å². The summed E-state index contributed by atoms with van der Waals surface area (Å²) in [5.74, 6) is -0.699. The first-order valence-electron chi connectivity index (χ1n) is 4.90. The third-order valence-corrected chi connectivity index (χ3v) is 2.74. The van der Waals surface area contributed by atoms with Gasteiger partial charge in [-0.05, 0) is 17.7 Å². The van der Waals surface area contributed by atoms with Crippen molar-refractivity contribution in [3.63, 3.8) is 0 Å². The number of aliphatic hydroxyl groups is 1. The van der Waals surface area contributed by atoms with Gasteiger partial charge < -0.3 is 14.9 Å². The fourth-order valence-corrected chi connectivity index (χ4v) is 1.84. The fraction of sp³-hybridized carbons (Fsp3) is 0.455. The molecule has 2 rings (SSSR count). The zero-order valence-corrected chi connectivity index (χ0v) is 8.24. The molecule has 1 aromatic rings. The number of phenolic OH excluding ortho intramolecular Hbond substituents is 1. The highest BCUT2D eigenvalue weighted by Gasteiger charge is 2.32. The van der Waals surface area contributed by atoms with Crippen LogP contribution < -0.4 is 0 Å². The molecule has 0 unspecified atom stereocenters. The van der Waals surface area contributed by atoms with Gasteiger partial charge in [-0.2, -0.15) is 0 Å². The van der Waals surface area contributed by atoms with E-state index in [4.69, 9.17) is 4.74 Å². The second-order valence-corrected chi connectivity index (χ2v) is 3.84. The van der Waals surface area contributed by atoms with Crippen LogP contribution in [0.15, 0.2) is 18.2 Å². The first-order chi connectivity index (χ1) is 7.10. The second kappa shape index (κ2) is 3.79. The Morgan fingerprint density at radius 1 is 1.20 bits per heavy atom. The van der Waals surface area contributed by atoms with Crippen LogP contribution in [0, 0.1) is 5.82 Å². The van der Waals surface area contributed by atoms with E-state index in [0.717, 1.165) is 6.07 Å². The molecule has 1 saturated heterocycles. The van der Waals surface area contributed by atoms with E-state index in [9.17, 15) is 14.6 Å². The van der Waals surface area contributed by atoms with Gasteiger partial charge in [0, 0.05) is 32.1 Å². The van der Waals surface area contributed by atoms with Crippen LogP contribution in [-0.2, 0) is 10.3 Å². The van der Waals surface area contributed by atoms with Gasteiger partial charge in [0.05, 0.1) is 5.60 Å². The molecule has 3 nitrogen and oxygen atoms in total. The van der Waals surface area contributed by atoms with E-state index >= 15 is 0 Å². The summed E-state index contributed by atoms with van der Waals surface area (Å²) >= 11 is 0. The Kier molecular flexibility index (Phi) is 2.63. The highest BCUT2D eigenvalue weighted by molar-refractivity contribution is 5.32. The van der Waals surface area contributed by atoms with Crippen molar-refractivity contribution in [3.05, 3.63) is 29.6 Å². The number of rotatable bonds is 1. The van der Waals surface area contributed by atoms with E-state index in [1.807, 2.05) is 0 Å². The maximum atomic E-state index is 13.1. The van der Waals surface area contributed by atoms with E-state index in [2.05, 4.69) is 0 Å². The number of aromatic hydroxyl groups is 1. The number of phenols is 1. The van der Waals surface area contributed by atoms with Gasteiger partial charge in [0.15, 0.2) is 0 Å². The SMILES string of the molecule is Oc1cc(F)cc(C2(O)CCOCC2)c1. The van der Waals surface area contributed by atoms with Gasteiger partial charge in [-0.3, -0.25) is 0 Å². The van der Waals surface area contributed by atoms with Crippen LogP contribution in [-0.4, -0.2) is 23.4 Å². The highest BCUT2D eigenvalue weighted by Crippen LogP contribution is 2.33. The van der Waals surface area contributed by atoms with Crippen LogP contribution in [0.25, 0.3) is 0 Å². The normalized spacial score (nSPS) is 20.1. The van der Waals surface area contributed by atoms with Gasteiger partial charge in [0.2, 0.25) is 0 Å². The minimum Gasteiger partial charge on any atom is -0.508 e.